The summed E-state index contributed by atoms with van der Waals surface area (Å²) in [4.78, 5) is 8.28. The Bertz CT molecular complexity index is 669. The van der Waals surface area contributed by atoms with E-state index in [-0.39, 0.29) is 6.54 Å². The molecule has 1 aliphatic rings. The first-order valence-electron chi connectivity index (χ1n) is 9.03. The predicted octanol–water partition coefficient (Wildman–Crippen LogP) is 3.43. The summed E-state index contributed by atoms with van der Waals surface area (Å²) in [6, 6.07) is 11.9. The van der Waals surface area contributed by atoms with Gasteiger partial charge in [0.25, 0.3) is 6.43 Å². The molecule has 6 heteroatoms. The van der Waals surface area contributed by atoms with Gasteiger partial charge in [-0.1, -0.05) is 24.3 Å². The standard InChI is InChI=1S/C20H25F2N3O/c21-20(22)15-25-10-4-9-24(11-12-25)14-18-6-1-2-7-19(18)26-16-17-5-3-8-23-13-17/h1-3,5-8,13,20H,4,9-12,14-16H2. The second-order valence-electron chi connectivity index (χ2n) is 6.58. The topological polar surface area (TPSA) is 28.6 Å². The van der Waals surface area contributed by atoms with Crippen molar-refractivity contribution >= 4 is 0 Å². The zero-order valence-electron chi connectivity index (χ0n) is 14.9. The maximum absolute atomic E-state index is 12.6. The first-order chi connectivity index (χ1) is 12.7. The van der Waals surface area contributed by atoms with E-state index < -0.39 is 6.43 Å². The van der Waals surface area contributed by atoms with E-state index >= 15 is 0 Å². The summed E-state index contributed by atoms with van der Waals surface area (Å²) in [7, 11) is 0. The van der Waals surface area contributed by atoms with Crippen LogP contribution in [-0.2, 0) is 13.2 Å². The fourth-order valence-corrected chi connectivity index (χ4v) is 3.22. The molecule has 0 radical (unpaired) electrons. The van der Waals surface area contributed by atoms with Crippen LogP contribution in [0.1, 0.15) is 17.5 Å². The van der Waals surface area contributed by atoms with Gasteiger partial charge in [-0.2, -0.15) is 0 Å². The lowest BCUT2D eigenvalue weighted by Gasteiger charge is -2.22. The molecular weight excluding hydrogens is 336 g/mol. The highest BCUT2D eigenvalue weighted by Gasteiger charge is 2.18. The molecule has 1 saturated heterocycles. The molecular formula is C20H25F2N3O. The average molecular weight is 361 g/mol. The van der Waals surface area contributed by atoms with Crippen LogP contribution in [0.4, 0.5) is 8.78 Å². The number of nitrogens with zero attached hydrogens (tertiary/aromatic N) is 3. The smallest absolute Gasteiger partial charge is 0.251 e. The molecule has 26 heavy (non-hydrogen) atoms. The minimum atomic E-state index is -2.26. The Balaban J connectivity index is 1.57. The summed E-state index contributed by atoms with van der Waals surface area (Å²) in [6.07, 6.45) is 2.19. The van der Waals surface area contributed by atoms with Crippen molar-refractivity contribution in [1.82, 2.24) is 14.8 Å². The lowest BCUT2D eigenvalue weighted by Crippen LogP contribution is -2.33. The van der Waals surface area contributed by atoms with Gasteiger partial charge in [0.2, 0.25) is 0 Å². The molecule has 4 nitrogen and oxygen atoms in total. The molecule has 140 valence electrons. The first kappa shape index (κ1) is 18.7. The number of alkyl halides is 2. The van der Waals surface area contributed by atoms with Crippen molar-refractivity contribution in [3.8, 4) is 5.75 Å². The highest BCUT2D eigenvalue weighted by Crippen LogP contribution is 2.22. The lowest BCUT2D eigenvalue weighted by atomic mass is 10.2. The fraction of sp³-hybridized carbons (Fsp3) is 0.450. The Kier molecular flexibility index (Phi) is 6.91. The Labute approximate surface area is 153 Å². The van der Waals surface area contributed by atoms with Crippen LogP contribution in [-0.4, -0.2) is 53.9 Å². The number of benzene rings is 1. The minimum Gasteiger partial charge on any atom is -0.489 e. The highest BCUT2D eigenvalue weighted by atomic mass is 19.3. The number of hydrogen-bond donors (Lipinski definition) is 0. The number of pyridine rings is 1. The van der Waals surface area contributed by atoms with Crippen LogP contribution in [0, 0.1) is 0 Å². The molecule has 1 aliphatic heterocycles. The monoisotopic (exact) mass is 361 g/mol. The van der Waals surface area contributed by atoms with Gasteiger partial charge in [-0.05, 0) is 31.6 Å². The zero-order chi connectivity index (χ0) is 18.2. The highest BCUT2D eigenvalue weighted by molar-refractivity contribution is 5.33. The van der Waals surface area contributed by atoms with Crippen molar-refractivity contribution in [2.75, 3.05) is 32.7 Å². The van der Waals surface area contributed by atoms with Crippen LogP contribution in [0.3, 0.4) is 0 Å². The summed E-state index contributed by atoms with van der Waals surface area (Å²) in [5.41, 5.74) is 2.15. The Morgan fingerprint density at radius 1 is 1.00 bits per heavy atom. The van der Waals surface area contributed by atoms with E-state index in [0.29, 0.717) is 13.2 Å². The number of para-hydroxylation sites is 1. The molecule has 2 heterocycles. The third kappa shape index (κ3) is 5.75. The van der Waals surface area contributed by atoms with Crippen molar-refractivity contribution in [3.05, 3.63) is 59.9 Å². The molecule has 1 aromatic heterocycles. The van der Waals surface area contributed by atoms with E-state index in [1.807, 2.05) is 35.2 Å². The summed E-state index contributed by atoms with van der Waals surface area (Å²) in [5.74, 6) is 0.866. The average Bonchev–Trinajstić information content (AvgIpc) is 2.86. The van der Waals surface area contributed by atoms with Gasteiger partial charge < -0.3 is 4.74 Å². The van der Waals surface area contributed by atoms with Gasteiger partial charge in [-0.3, -0.25) is 14.8 Å². The zero-order valence-corrected chi connectivity index (χ0v) is 14.9. The number of halogens is 2. The molecule has 0 atom stereocenters. The molecule has 1 fully saturated rings. The van der Waals surface area contributed by atoms with E-state index in [9.17, 15) is 8.78 Å². The molecule has 0 saturated carbocycles. The number of hydrogen-bond acceptors (Lipinski definition) is 4. The summed E-state index contributed by atoms with van der Waals surface area (Å²) >= 11 is 0. The Morgan fingerprint density at radius 3 is 2.62 bits per heavy atom. The van der Waals surface area contributed by atoms with E-state index in [0.717, 1.165) is 49.5 Å². The van der Waals surface area contributed by atoms with E-state index in [2.05, 4.69) is 16.0 Å². The summed E-state index contributed by atoms with van der Waals surface area (Å²) in [5, 5.41) is 0. The van der Waals surface area contributed by atoms with Gasteiger partial charge in [0.1, 0.15) is 12.4 Å². The van der Waals surface area contributed by atoms with E-state index in [1.54, 1.807) is 12.4 Å². The first-order valence-corrected chi connectivity index (χ1v) is 9.03. The predicted molar refractivity (Wildman–Crippen MR) is 97.3 cm³/mol. The summed E-state index contributed by atoms with van der Waals surface area (Å²) < 4.78 is 31.2. The number of ether oxygens (including phenoxy) is 1. The van der Waals surface area contributed by atoms with Crippen molar-refractivity contribution in [3.63, 3.8) is 0 Å². The van der Waals surface area contributed by atoms with Crippen molar-refractivity contribution in [1.29, 1.82) is 0 Å². The van der Waals surface area contributed by atoms with Gasteiger partial charge in [0.15, 0.2) is 0 Å². The largest absolute Gasteiger partial charge is 0.489 e. The van der Waals surface area contributed by atoms with E-state index in [1.165, 1.54) is 0 Å². The summed E-state index contributed by atoms with van der Waals surface area (Å²) in [6.45, 7) is 4.25. The quantitative estimate of drug-likeness (QED) is 0.755. The van der Waals surface area contributed by atoms with Crippen LogP contribution in [0.15, 0.2) is 48.8 Å². The van der Waals surface area contributed by atoms with Crippen LogP contribution >= 0.6 is 0 Å². The van der Waals surface area contributed by atoms with E-state index in [4.69, 9.17) is 4.74 Å². The van der Waals surface area contributed by atoms with Gasteiger partial charge in [0.05, 0.1) is 6.54 Å². The van der Waals surface area contributed by atoms with Crippen molar-refractivity contribution in [2.45, 2.75) is 26.0 Å². The fourth-order valence-electron chi connectivity index (χ4n) is 3.22. The molecule has 2 aromatic rings. The molecule has 3 rings (SSSR count). The maximum Gasteiger partial charge on any atom is 0.251 e. The minimum absolute atomic E-state index is 0.126. The van der Waals surface area contributed by atoms with Crippen LogP contribution in [0.2, 0.25) is 0 Å². The van der Waals surface area contributed by atoms with Gasteiger partial charge in [0, 0.05) is 43.2 Å². The SMILES string of the molecule is FC(F)CN1CCCN(Cc2ccccc2OCc2cccnc2)CC1. The van der Waals surface area contributed by atoms with Crippen molar-refractivity contribution in [2.24, 2.45) is 0 Å². The third-order valence-electron chi connectivity index (χ3n) is 4.56. The normalized spacial score (nSPS) is 16.6. The third-order valence-corrected chi connectivity index (χ3v) is 4.56. The molecule has 0 spiro atoms. The van der Waals surface area contributed by atoms with Crippen LogP contribution in [0.25, 0.3) is 0 Å². The van der Waals surface area contributed by atoms with Crippen molar-refractivity contribution < 1.29 is 13.5 Å². The number of rotatable bonds is 7. The molecule has 0 unspecified atom stereocenters. The van der Waals surface area contributed by atoms with Crippen LogP contribution < -0.4 is 4.74 Å². The molecule has 1 aromatic carbocycles. The molecule has 0 bridgehead atoms. The second kappa shape index (κ2) is 9.59. The second-order valence-corrected chi connectivity index (χ2v) is 6.58. The van der Waals surface area contributed by atoms with Gasteiger partial charge in [-0.15, -0.1) is 0 Å². The van der Waals surface area contributed by atoms with Gasteiger partial charge >= 0.3 is 0 Å². The molecule has 0 aliphatic carbocycles. The van der Waals surface area contributed by atoms with Crippen LogP contribution in [0.5, 0.6) is 5.75 Å². The number of aromatic nitrogens is 1. The Morgan fingerprint density at radius 2 is 1.81 bits per heavy atom. The lowest BCUT2D eigenvalue weighted by molar-refractivity contribution is 0.0897. The maximum atomic E-state index is 12.6. The van der Waals surface area contributed by atoms with Gasteiger partial charge in [-0.25, -0.2) is 8.78 Å². The molecule has 0 N–H and O–H groups in total. The molecule has 0 amide bonds. The Hall–Kier alpha value is -2.05.